The number of fused-ring (bicyclic) bond motifs is 2. The third kappa shape index (κ3) is 2.04. The Morgan fingerprint density at radius 3 is 2.45 bits per heavy atom. The molecule has 3 nitrogen and oxygen atoms in total. The molecule has 1 N–H and O–H groups in total. The van der Waals surface area contributed by atoms with Gasteiger partial charge >= 0.3 is 5.63 Å². The minimum absolute atomic E-state index is 0.227. The van der Waals surface area contributed by atoms with Crippen molar-refractivity contribution in [1.29, 1.82) is 0 Å². The number of benzene rings is 3. The molecule has 0 aliphatic heterocycles. The van der Waals surface area contributed by atoms with E-state index in [9.17, 15) is 9.90 Å². The second-order valence-corrected chi connectivity index (χ2v) is 5.23. The van der Waals surface area contributed by atoms with E-state index in [0.29, 0.717) is 11.1 Å². The second-order valence-electron chi connectivity index (χ2n) is 5.23. The van der Waals surface area contributed by atoms with E-state index in [1.165, 1.54) is 0 Å². The van der Waals surface area contributed by atoms with Crippen LogP contribution in [0.3, 0.4) is 0 Å². The summed E-state index contributed by atoms with van der Waals surface area (Å²) in [5.41, 5.74) is 1.57. The van der Waals surface area contributed by atoms with Crippen LogP contribution in [-0.2, 0) is 0 Å². The van der Waals surface area contributed by atoms with Crippen LogP contribution in [0.4, 0.5) is 0 Å². The van der Waals surface area contributed by atoms with Crippen molar-refractivity contribution in [2.45, 2.75) is 0 Å². The van der Waals surface area contributed by atoms with E-state index >= 15 is 0 Å². The quantitative estimate of drug-likeness (QED) is 0.531. The van der Waals surface area contributed by atoms with Crippen molar-refractivity contribution in [2.24, 2.45) is 0 Å². The molecule has 3 aromatic carbocycles. The van der Waals surface area contributed by atoms with E-state index in [4.69, 9.17) is 4.42 Å². The average Bonchev–Trinajstić information content (AvgIpc) is 2.54. The Kier molecular flexibility index (Phi) is 2.73. The summed E-state index contributed by atoms with van der Waals surface area (Å²) in [6.07, 6.45) is 0. The lowest BCUT2D eigenvalue weighted by Gasteiger charge is -2.05. The molecule has 0 unspecified atom stereocenters. The highest BCUT2D eigenvalue weighted by Crippen LogP contribution is 2.26. The molecule has 3 heteroatoms. The normalized spacial score (nSPS) is 11.1. The number of phenols is 1. The highest BCUT2D eigenvalue weighted by atomic mass is 16.4. The van der Waals surface area contributed by atoms with Crippen molar-refractivity contribution >= 4 is 21.7 Å². The van der Waals surface area contributed by atoms with Gasteiger partial charge in [-0.25, -0.2) is 4.79 Å². The van der Waals surface area contributed by atoms with Gasteiger partial charge in [0.25, 0.3) is 0 Å². The molecule has 0 aliphatic carbocycles. The van der Waals surface area contributed by atoms with Gasteiger partial charge in [-0.1, -0.05) is 36.4 Å². The van der Waals surface area contributed by atoms with Crippen LogP contribution in [0.15, 0.2) is 75.9 Å². The Hall–Kier alpha value is -3.07. The highest BCUT2D eigenvalue weighted by molar-refractivity contribution is 5.89. The first-order valence-corrected chi connectivity index (χ1v) is 6.97. The van der Waals surface area contributed by atoms with Crippen LogP contribution in [0.25, 0.3) is 32.9 Å². The first-order valence-electron chi connectivity index (χ1n) is 6.97. The molecular formula is C19H12O3. The van der Waals surface area contributed by atoms with Gasteiger partial charge < -0.3 is 9.52 Å². The Labute approximate surface area is 126 Å². The van der Waals surface area contributed by atoms with Gasteiger partial charge in [0.1, 0.15) is 11.3 Å². The maximum absolute atomic E-state index is 12.2. The van der Waals surface area contributed by atoms with Crippen LogP contribution >= 0.6 is 0 Å². The third-order valence-corrected chi connectivity index (χ3v) is 3.78. The van der Waals surface area contributed by atoms with Crippen LogP contribution in [0.1, 0.15) is 0 Å². The number of rotatable bonds is 1. The highest BCUT2D eigenvalue weighted by Gasteiger charge is 2.08. The maximum Gasteiger partial charge on any atom is 0.344 e. The molecule has 0 atom stereocenters. The maximum atomic E-state index is 12.2. The average molecular weight is 288 g/mol. The Balaban J connectivity index is 1.96. The lowest BCUT2D eigenvalue weighted by Crippen LogP contribution is -2.02. The molecule has 1 heterocycles. The predicted octanol–water partition coefficient (Wildman–Crippen LogP) is 4.32. The number of hydrogen-bond acceptors (Lipinski definition) is 3. The molecule has 0 amide bonds. The van der Waals surface area contributed by atoms with Gasteiger partial charge in [0.05, 0.1) is 5.56 Å². The standard InChI is InChI=1S/C19H12O3/c20-16-8-7-12-9-14(6-5-13(12)10-16)17-11-15-3-1-2-4-18(15)22-19(17)21/h1-11,20H. The van der Waals surface area contributed by atoms with Gasteiger partial charge in [0.2, 0.25) is 0 Å². The second kappa shape index (κ2) is 4.74. The molecule has 0 radical (unpaired) electrons. The summed E-state index contributed by atoms with van der Waals surface area (Å²) >= 11 is 0. The number of aromatic hydroxyl groups is 1. The molecule has 0 bridgehead atoms. The van der Waals surface area contributed by atoms with E-state index in [2.05, 4.69) is 0 Å². The zero-order valence-corrected chi connectivity index (χ0v) is 11.6. The number of hydrogen-bond donors (Lipinski definition) is 1. The van der Waals surface area contributed by atoms with E-state index in [-0.39, 0.29) is 11.4 Å². The van der Waals surface area contributed by atoms with Crippen molar-refractivity contribution in [2.75, 3.05) is 0 Å². The van der Waals surface area contributed by atoms with Crippen molar-refractivity contribution in [1.82, 2.24) is 0 Å². The summed E-state index contributed by atoms with van der Waals surface area (Å²) in [5, 5.41) is 12.3. The Bertz CT molecular complexity index is 1060. The molecule has 0 saturated heterocycles. The fourth-order valence-electron chi connectivity index (χ4n) is 2.66. The fraction of sp³-hybridized carbons (Fsp3) is 0. The van der Waals surface area contributed by atoms with Crippen LogP contribution in [0.2, 0.25) is 0 Å². The summed E-state index contributed by atoms with van der Waals surface area (Å²) in [6.45, 7) is 0. The summed E-state index contributed by atoms with van der Waals surface area (Å²) in [7, 11) is 0. The molecule has 0 fully saturated rings. The molecule has 0 saturated carbocycles. The lowest BCUT2D eigenvalue weighted by atomic mass is 10.0. The van der Waals surface area contributed by atoms with E-state index in [1.54, 1.807) is 18.2 Å². The van der Waals surface area contributed by atoms with Crippen molar-refractivity contribution in [3.63, 3.8) is 0 Å². The molecule has 0 spiro atoms. The van der Waals surface area contributed by atoms with Crippen LogP contribution in [0, 0.1) is 0 Å². The third-order valence-electron chi connectivity index (χ3n) is 3.78. The topological polar surface area (TPSA) is 50.4 Å². The minimum Gasteiger partial charge on any atom is -0.508 e. The van der Waals surface area contributed by atoms with Gasteiger partial charge in [-0.2, -0.15) is 0 Å². The molecule has 1 aromatic heterocycles. The van der Waals surface area contributed by atoms with Crippen molar-refractivity contribution in [3.05, 3.63) is 77.2 Å². The lowest BCUT2D eigenvalue weighted by molar-refractivity contribution is 0.476. The number of para-hydroxylation sites is 1. The van der Waals surface area contributed by atoms with Crippen LogP contribution in [0.5, 0.6) is 5.75 Å². The van der Waals surface area contributed by atoms with E-state index in [0.717, 1.165) is 21.7 Å². The summed E-state index contributed by atoms with van der Waals surface area (Å²) in [4.78, 5) is 12.2. The molecule has 0 aliphatic rings. The van der Waals surface area contributed by atoms with Gasteiger partial charge in [0, 0.05) is 5.39 Å². The summed E-state index contributed by atoms with van der Waals surface area (Å²) < 4.78 is 5.38. The zero-order valence-electron chi connectivity index (χ0n) is 11.6. The van der Waals surface area contributed by atoms with Crippen molar-refractivity contribution in [3.8, 4) is 16.9 Å². The number of phenolic OH excluding ortho intramolecular Hbond substituents is 1. The van der Waals surface area contributed by atoms with Crippen molar-refractivity contribution < 1.29 is 9.52 Å². The van der Waals surface area contributed by atoms with Gasteiger partial charge in [0.15, 0.2) is 0 Å². The molecule has 4 rings (SSSR count). The van der Waals surface area contributed by atoms with Gasteiger partial charge in [-0.05, 0) is 46.7 Å². The van der Waals surface area contributed by atoms with E-state index < -0.39 is 0 Å². The molecule has 22 heavy (non-hydrogen) atoms. The molecule has 106 valence electrons. The smallest absolute Gasteiger partial charge is 0.344 e. The summed E-state index contributed by atoms with van der Waals surface area (Å²) in [6, 6.07) is 20.1. The van der Waals surface area contributed by atoms with Crippen LogP contribution < -0.4 is 5.63 Å². The van der Waals surface area contributed by atoms with E-state index in [1.807, 2.05) is 48.5 Å². The van der Waals surface area contributed by atoms with Crippen LogP contribution in [-0.4, -0.2) is 5.11 Å². The van der Waals surface area contributed by atoms with Gasteiger partial charge in [-0.15, -0.1) is 0 Å². The molecular weight excluding hydrogens is 276 g/mol. The Morgan fingerprint density at radius 2 is 1.55 bits per heavy atom. The first kappa shape index (κ1) is 12.7. The summed E-state index contributed by atoms with van der Waals surface area (Å²) in [5.74, 6) is 0.227. The zero-order chi connectivity index (χ0) is 15.1. The Morgan fingerprint density at radius 1 is 0.773 bits per heavy atom. The fourth-order valence-corrected chi connectivity index (χ4v) is 2.66. The molecule has 4 aromatic rings. The predicted molar refractivity (Wildman–Crippen MR) is 87.1 cm³/mol. The first-order chi connectivity index (χ1) is 10.7. The monoisotopic (exact) mass is 288 g/mol. The SMILES string of the molecule is O=c1oc2ccccc2cc1-c1ccc2cc(O)ccc2c1. The minimum atomic E-state index is -0.350. The van der Waals surface area contributed by atoms with Gasteiger partial charge in [-0.3, -0.25) is 0 Å². The largest absolute Gasteiger partial charge is 0.508 e.